The molecule has 0 spiro atoms. The molecule has 1 saturated heterocycles. The Morgan fingerprint density at radius 2 is 2.03 bits per heavy atom. The average molecular weight is 399 g/mol. The number of nitrogens with zero attached hydrogens (tertiary/aromatic N) is 4. The molecule has 0 aliphatic carbocycles. The third-order valence-corrected chi connectivity index (χ3v) is 4.82. The number of ether oxygens (including phenoxy) is 3. The second-order valence-electron chi connectivity index (χ2n) is 6.58. The molecule has 3 aromatic rings. The number of aliphatic hydroxyl groups is 1. The van der Waals surface area contributed by atoms with Crippen LogP contribution >= 0.6 is 0 Å². The third-order valence-electron chi connectivity index (χ3n) is 4.82. The number of rotatable bonds is 6. The number of anilines is 1. The minimum Gasteiger partial charge on any atom is -0.387 e. The van der Waals surface area contributed by atoms with E-state index < -0.39 is 24.5 Å². The van der Waals surface area contributed by atoms with Gasteiger partial charge >= 0.3 is 0 Å². The molecule has 4 rings (SSSR count). The largest absolute Gasteiger partial charge is 0.387 e. The molecule has 1 fully saturated rings. The van der Waals surface area contributed by atoms with Gasteiger partial charge in [-0.3, -0.25) is 9.36 Å². The van der Waals surface area contributed by atoms with Crippen molar-refractivity contribution in [2.75, 3.05) is 26.1 Å². The van der Waals surface area contributed by atoms with Crippen LogP contribution in [0.2, 0.25) is 0 Å². The maximum Gasteiger partial charge on any atom is 0.256 e. The SMILES string of the molecule is COC[C@H]1O[C@@H](n2cnc3c(NC(=O)c4ccccc4)ncnc32)[C@H](OC)[C@@H]1O. The maximum atomic E-state index is 12.5. The molecule has 29 heavy (non-hydrogen) atoms. The predicted octanol–water partition coefficient (Wildman–Crippen LogP) is 0.998. The summed E-state index contributed by atoms with van der Waals surface area (Å²) >= 11 is 0. The lowest BCUT2D eigenvalue weighted by molar-refractivity contribution is -0.0630. The highest BCUT2D eigenvalue weighted by molar-refractivity contribution is 6.06. The van der Waals surface area contributed by atoms with Crippen molar-refractivity contribution in [2.45, 2.75) is 24.5 Å². The van der Waals surface area contributed by atoms with Crippen molar-refractivity contribution in [1.29, 1.82) is 0 Å². The number of hydrogen-bond acceptors (Lipinski definition) is 8. The molecule has 4 atom stereocenters. The van der Waals surface area contributed by atoms with Gasteiger partial charge in [0.1, 0.15) is 24.6 Å². The molecule has 0 bridgehead atoms. The van der Waals surface area contributed by atoms with Gasteiger partial charge in [-0.25, -0.2) is 15.0 Å². The number of aliphatic hydroxyl groups excluding tert-OH is 1. The van der Waals surface area contributed by atoms with E-state index >= 15 is 0 Å². The molecule has 152 valence electrons. The first kappa shape index (κ1) is 19.4. The topological polar surface area (TPSA) is 121 Å². The van der Waals surface area contributed by atoms with Crippen LogP contribution < -0.4 is 5.32 Å². The van der Waals surface area contributed by atoms with Gasteiger partial charge in [-0.05, 0) is 12.1 Å². The van der Waals surface area contributed by atoms with E-state index in [4.69, 9.17) is 14.2 Å². The number of aromatic nitrogens is 4. The number of fused-ring (bicyclic) bond motifs is 1. The van der Waals surface area contributed by atoms with Crippen LogP contribution in [0.15, 0.2) is 43.0 Å². The van der Waals surface area contributed by atoms with E-state index in [9.17, 15) is 9.90 Å². The summed E-state index contributed by atoms with van der Waals surface area (Å²) in [6.07, 6.45) is 0.141. The van der Waals surface area contributed by atoms with Gasteiger partial charge in [0.15, 0.2) is 23.2 Å². The Morgan fingerprint density at radius 1 is 1.24 bits per heavy atom. The molecule has 1 aromatic carbocycles. The molecule has 0 saturated carbocycles. The zero-order chi connectivity index (χ0) is 20.4. The number of benzene rings is 1. The van der Waals surface area contributed by atoms with Crippen molar-refractivity contribution in [3.05, 3.63) is 48.5 Å². The van der Waals surface area contributed by atoms with E-state index in [1.165, 1.54) is 26.9 Å². The Hall–Kier alpha value is -2.92. The molecule has 0 unspecified atom stereocenters. The molecule has 2 N–H and O–H groups in total. The lowest BCUT2D eigenvalue weighted by Crippen LogP contribution is -2.35. The Balaban J connectivity index is 1.65. The molecule has 10 heteroatoms. The summed E-state index contributed by atoms with van der Waals surface area (Å²) in [5, 5.41) is 13.2. The lowest BCUT2D eigenvalue weighted by Gasteiger charge is -2.19. The number of hydrogen-bond donors (Lipinski definition) is 2. The number of carbonyl (C=O) groups is 1. The van der Waals surface area contributed by atoms with Crippen LogP contribution in [0.25, 0.3) is 11.2 Å². The first-order chi connectivity index (χ1) is 14.1. The van der Waals surface area contributed by atoms with E-state index in [1.54, 1.807) is 28.8 Å². The first-order valence-corrected chi connectivity index (χ1v) is 9.03. The number of methoxy groups -OCH3 is 2. The van der Waals surface area contributed by atoms with Gasteiger partial charge in [0.25, 0.3) is 5.91 Å². The Kier molecular flexibility index (Phi) is 5.49. The van der Waals surface area contributed by atoms with Gasteiger partial charge in [0, 0.05) is 19.8 Å². The highest BCUT2D eigenvalue weighted by Gasteiger charge is 2.45. The second-order valence-corrected chi connectivity index (χ2v) is 6.58. The summed E-state index contributed by atoms with van der Waals surface area (Å²) in [4.78, 5) is 25.3. The Labute approximate surface area is 166 Å². The van der Waals surface area contributed by atoms with E-state index in [0.717, 1.165) is 0 Å². The standard InChI is InChI=1S/C19H21N5O5/c1-27-8-12-14(25)15(28-2)19(29-12)24-10-22-13-16(20-9-21-17(13)24)23-18(26)11-6-4-3-5-7-11/h3-7,9-10,12,14-15,19,25H,8H2,1-2H3,(H,20,21,23,26)/t12-,14-,15-,19-/m1/s1. The van der Waals surface area contributed by atoms with Crippen LogP contribution in [0.4, 0.5) is 5.82 Å². The highest BCUT2D eigenvalue weighted by atomic mass is 16.6. The number of amides is 1. The molecular formula is C19H21N5O5. The normalized spacial score (nSPS) is 24.1. The fourth-order valence-corrected chi connectivity index (χ4v) is 3.40. The Bertz CT molecular complexity index is 995. The quantitative estimate of drug-likeness (QED) is 0.630. The van der Waals surface area contributed by atoms with Gasteiger partial charge in [-0.1, -0.05) is 18.2 Å². The summed E-state index contributed by atoms with van der Waals surface area (Å²) in [6, 6.07) is 8.81. The smallest absolute Gasteiger partial charge is 0.256 e. The molecule has 1 aliphatic rings. The number of imidazole rings is 1. The van der Waals surface area contributed by atoms with Crippen LogP contribution in [0.5, 0.6) is 0 Å². The zero-order valence-electron chi connectivity index (χ0n) is 15.9. The van der Waals surface area contributed by atoms with Crippen LogP contribution in [-0.2, 0) is 14.2 Å². The van der Waals surface area contributed by atoms with Gasteiger partial charge < -0.3 is 24.6 Å². The summed E-state index contributed by atoms with van der Waals surface area (Å²) in [5.41, 5.74) is 1.35. The van der Waals surface area contributed by atoms with E-state index in [2.05, 4.69) is 20.3 Å². The van der Waals surface area contributed by atoms with Gasteiger partial charge in [0.2, 0.25) is 0 Å². The monoisotopic (exact) mass is 399 g/mol. The predicted molar refractivity (Wildman–Crippen MR) is 102 cm³/mol. The van der Waals surface area contributed by atoms with Gasteiger partial charge in [-0.15, -0.1) is 0 Å². The fraction of sp³-hybridized carbons (Fsp3) is 0.368. The Morgan fingerprint density at radius 3 is 2.76 bits per heavy atom. The highest BCUT2D eigenvalue weighted by Crippen LogP contribution is 2.34. The first-order valence-electron chi connectivity index (χ1n) is 9.03. The maximum absolute atomic E-state index is 12.5. The molecule has 1 aliphatic heterocycles. The second kappa shape index (κ2) is 8.21. The van der Waals surface area contributed by atoms with Gasteiger partial charge in [0.05, 0.1) is 12.9 Å². The van der Waals surface area contributed by atoms with Crippen LogP contribution in [0.3, 0.4) is 0 Å². The fourth-order valence-electron chi connectivity index (χ4n) is 3.40. The summed E-state index contributed by atoms with van der Waals surface area (Å²) < 4.78 is 18.1. The average Bonchev–Trinajstić information content (AvgIpc) is 3.30. The van der Waals surface area contributed by atoms with Crippen LogP contribution in [-0.4, -0.2) is 69.7 Å². The van der Waals surface area contributed by atoms with Gasteiger partial charge in [-0.2, -0.15) is 0 Å². The molecule has 3 heterocycles. The number of carbonyl (C=O) groups excluding carboxylic acids is 1. The zero-order valence-corrected chi connectivity index (χ0v) is 15.9. The summed E-state index contributed by atoms with van der Waals surface area (Å²) in [7, 11) is 3.03. The molecule has 2 aromatic heterocycles. The molecular weight excluding hydrogens is 378 g/mol. The summed E-state index contributed by atoms with van der Waals surface area (Å²) in [6.45, 7) is 0.220. The lowest BCUT2D eigenvalue weighted by atomic mass is 10.1. The summed E-state index contributed by atoms with van der Waals surface area (Å²) in [5.74, 6) is -0.0221. The van der Waals surface area contributed by atoms with Crippen molar-refractivity contribution in [3.63, 3.8) is 0 Å². The van der Waals surface area contributed by atoms with Crippen LogP contribution in [0, 0.1) is 0 Å². The minimum atomic E-state index is -0.874. The molecule has 10 nitrogen and oxygen atoms in total. The minimum absolute atomic E-state index is 0.220. The third kappa shape index (κ3) is 3.58. The van der Waals surface area contributed by atoms with Crippen molar-refractivity contribution >= 4 is 22.9 Å². The van der Waals surface area contributed by atoms with Crippen molar-refractivity contribution in [2.24, 2.45) is 0 Å². The molecule has 0 radical (unpaired) electrons. The van der Waals surface area contributed by atoms with Crippen LogP contribution in [0.1, 0.15) is 16.6 Å². The molecule has 1 amide bonds. The van der Waals surface area contributed by atoms with Crippen molar-refractivity contribution in [1.82, 2.24) is 19.5 Å². The van der Waals surface area contributed by atoms with Crippen molar-refractivity contribution < 1.29 is 24.1 Å². The van der Waals surface area contributed by atoms with E-state index in [1.807, 2.05) is 6.07 Å². The van der Waals surface area contributed by atoms with Crippen molar-refractivity contribution in [3.8, 4) is 0 Å². The van der Waals surface area contributed by atoms with E-state index in [-0.39, 0.29) is 18.3 Å². The van der Waals surface area contributed by atoms with E-state index in [0.29, 0.717) is 16.7 Å². The number of nitrogens with one attached hydrogen (secondary N) is 1.